The molecule has 1 aromatic carbocycles. The van der Waals surface area contributed by atoms with E-state index in [0.717, 1.165) is 11.3 Å². The molecule has 0 aliphatic rings. The minimum absolute atomic E-state index is 0.0801. The average Bonchev–Trinajstić information content (AvgIpc) is 2.40. The van der Waals surface area contributed by atoms with Crippen LogP contribution in [-0.4, -0.2) is 16.1 Å². The monoisotopic (exact) mass is 241 g/mol. The van der Waals surface area contributed by atoms with Gasteiger partial charge in [0.2, 0.25) is 0 Å². The molecule has 3 heteroatoms. The third kappa shape index (κ3) is 2.25. The Hall–Kier alpha value is -2.16. The predicted octanol–water partition coefficient (Wildman–Crippen LogP) is 3.11. The van der Waals surface area contributed by atoms with E-state index in [1.54, 1.807) is 6.07 Å². The molecule has 0 unspecified atom stereocenters. The van der Waals surface area contributed by atoms with Crippen LogP contribution in [0.2, 0.25) is 0 Å². The molecule has 92 valence electrons. The first-order valence-corrected chi connectivity index (χ1v) is 5.78. The third-order valence-electron chi connectivity index (χ3n) is 3.10. The lowest BCUT2D eigenvalue weighted by Crippen LogP contribution is -2.21. The van der Waals surface area contributed by atoms with Crippen molar-refractivity contribution in [1.29, 1.82) is 0 Å². The zero-order valence-corrected chi connectivity index (χ0v) is 10.4. The summed E-state index contributed by atoms with van der Waals surface area (Å²) in [5.41, 5.74) is 1.64. The predicted molar refractivity (Wildman–Crippen MR) is 69.8 cm³/mol. The molecule has 18 heavy (non-hydrogen) atoms. The zero-order valence-electron chi connectivity index (χ0n) is 10.4. The van der Waals surface area contributed by atoms with Crippen molar-refractivity contribution in [2.24, 2.45) is 0 Å². The molecule has 0 radical (unpaired) electrons. The minimum Gasteiger partial charge on any atom is -0.477 e. The molecular formula is C15H15NO2. The van der Waals surface area contributed by atoms with E-state index in [0.29, 0.717) is 0 Å². The van der Waals surface area contributed by atoms with Crippen molar-refractivity contribution < 1.29 is 9.90 Å². The number of benzene rings is 1. The Labute approximate surface area is 106 Å². The van der Waals surface area contributed by atoms with E-state index in [-0.39, 0.29) is 11.1 Å². The van der Waals surface area contributed by atoms with E-state index in [1.165, 1.54) is 6.07 Å². The van der Waals surface area contributed by atoms with Gasteiger partial charge in [-0.05, 0) is 17.7 Å². The van der Waals surface area contributed by atoms with Gasteiger partial charge in [-0.25, -0.2) is 9.78 Å². The van der Waals surface area contributed by atoms with Gasteiger partial charge in [-0.3, -0.25) is 0 Å². The van der Waals surface area contributed by atoms with Gasteiger partial charge in [-0.15, -0.1) is 0 Å². The van der Waals surface area contributed by atoms with E-state index in [1.807, 2.05) is 50.2 Å². The van der Waals surface area contributed by atoms with Crippen molar-refractivity contribution in [3.05, 3.63) is 65.5 Å². The van der Waals surface area contributed by atoms with Gasteiger partial charge in [-0.1, -0.05) is 50.2 Å². The fourth-order valence-corrected chi connectivity index (χ4v) is 1.90. The normalized spacial score (nSPS) is 11.2. The van der Waals surface area contributed by atoms with Gasteiger partial charge in [0.1, 0.15) is 5.69 Å². The number of aromatic nitrogens is 1. The maximum atomic E-state index is 11.0. The van der Waals surface area contributed by atoms with Gasteiger partial charge in [0.15, 0.2) is 0 Å². The number of carboxylic acids is 1. The zero-order chi connectivity index (χ0) is 13.2. The molecule has 0 atom stereocenters. The Bertz CT molecular complexity index is 562. The Morgan fingerprint density at radius 3 is 2.33 bits per heavy atom. The van der Waals surface area contributed by atoms with Gasteiger partial charge >= 0.3 is 5.97 Å². The van der Waals surface area contributed by atoms with Crippen molar-refractivity contribution in [1.82, 2.24) is 4.98 Å². The Morgan fingerprint density at radius 1 is 1.06 bits per heavy atom. The lowest BCUT2D eigenvalue weighted by atomic mass is 9.81. The van der Waals surface area contributed by atoms with Gasteiger partial charge in [0.25, 0.3) is 0 Å². The first kappa shape index (κ1) is 12.3. The molecule has 0 aliphatic heterocycles. The van der Waals surface area contributed by atoms with Crippen LogP contribution in [0.4, 0.5) is 0 Å². The lowest BCUT2D eigenvalue weighted by Gasteiger charge is -2.24. The maximum Gasteiger partial charge on any atom is 0.354 e. The summed E-state index contributed by atoms with van der Waals surface area (Å²) < 4.78 is 0. The molecule has 0 fully saturated rings. The summed E-state index contributed by atoms with van der Waals surface area (Å²) >= 11 is 0. The van der Waals surface area contributed by atoms with Crippen molar-refractivity contribution in [3.8, 4) is 0 Å². The number of carbonyl (C=O) groups is 1. The van der Waals surface area contributed by atoms with E-state index in [2.05, 4.69) is 4.98 Å². The number of pyridine rings is 1. The molecule has 1 N–H and O–H groups in total. The fourth-order valence-electron chi connectivity index (χ4n) is 1.90. The van der Waals surface area contributed by atoms with Crippen LogP contribution in [0, 0.1) is 0 Å². The Morgan fingerprint density at radius 2 is 1.72 bits per heavy atom. The van der Waals surface area contributed by atoms with Crippen LogP contribution in [0.1, 0.15) is 35.6 Å². The Kier molecular flexibility index (Phi) is 3.15. The lowest BCUT2D eigenvalue weighted by molar-refractivity contribution is 0.0690. The second kappa shape index (κ2) is 4.61. The van der Waals surface area contributed by atoms with Crippen LogP contribution >= 0.6 is 0 Å². The summed E-state index contributed by atoms with van der Waals surface area (Å²) in [5.74, 6) is -0.999. The number of rotatable bonds is 3. The van der Waals surface area contributed by atoms with Gasteiger partial charge in [-0.2, -0.15) is 0 Å². The molecule has 1 heterocycles. The molecular weight excluding hydrogens is 226 g/mol. The highest BCUT2D eigenvalue weighted by atomic mass is 16.4. The molecule has 0 amide bonds. The van der Waals surface area contributed by atoms with Crippen molar-refractivity contribution >= 4 is 5.97 Å². The first-order chi connectivity index (χ1) is 8.51. The highest BCUT2D eigenvalue weighted by Crippen LogP contribution is 2.29. The van der Waals surface area contributed by atoms with Crippen molar-refractivity contribution in [2.45, 2.75) is 19.3 Å². The summed E-state index contributed by atoms with van der Waals surface area (Å²) in [6.45, 7) is 4.08. The van der Waals surface area contributed by atoms with Gasteiger partial charge < -0.3 is 5.11 Å². The second-order valence-electron chi connectivity index (χ2n) is 4.70. The number of nitrogens with zero attached hydrogens (tertiary/aromatic N) is 1. The van der Waals surface area contributed by atoms with Crippen LogP contribution in [-0.2, 0) is 5.41 Å². The molecule has 1 aromatic heterocycles. The smallest absolute Gasteiger partial charge is 0.354 e. The molecule has 2 rings (SSSR count). The number of hydrogen-bond donors (Lipinski definition) is 1. The summed E-state index contributed by atoms with van der Waals surface area (Å²) in [6.07, 6.45) is 0. The largest absolute Gasteiger partial charge is 0.477 e. The summed E-state index contributed by atoms with van der Waals surface area (Å²) in [7, 11) is 0. The third-order valence-corrected chi connectivity index (χ3v) is 3.10. The molecule has 0 aliphatic carbocycles. The van der Waals surface area contributed by atoms with Crippen molar-refractivity contribution in [3.63, 3.8) is 0 Å². The van der Waals surface area contributed by atoms with Crippen LogP contribution in [0.3, 0.4) is 0 Å². The number of hydrogen-bond acceptors (Lipinski definition) is 2. The van der Waals surface area contributed by atoms with Gasteiger partial charge in [0.05, 0.1) is 5.69 Å². The number of carboxylic acid groups (broad SMARTS) is 1. The van der Waals surface area contributed by atoms with Gasteiger partial charge in [0, 0.05) is 5.41 Å². The highest BCUT2D eigenvalue weighted by molar-refractivity contribution is 5.85. The van der Waals surface area contributed by atoms with Crippen LogP contribution < -0.4 is 0 Å². The molecule has 0 saturated heterocycles. The standard InChI is InChI=1S/C15H15NO2/c1-15(2,11-7-4-3-5-8-11)13-10-6-9-12(16-13)14(17)18/h3-10H,1-2H3,(H,17,18). The Balaban J connectivity index is 2.47. The van der Waals surface area contributed by atoms with E-state index < -0.39 is 5.97 Å². The van der Waals surface area contributed by atoms with Crippen LogP contribution in [0.15, 0.2) is 48.5 Å². The maximum absolute atomic E-state index is 11.0. The summed E-state index contributed by atoms with van der Waals surface area (Å²) in [6, 6.07) is 15.0. The molecule has 2 aromatic rings. The molecule has 0 saturated carbocycles. The first-order valence-electron chi connectivity index (χ1n) is 5.78. The topological polar surface area (TPSA) is 50.2 Å². The summed E-state index contributed by atoms with van der Waals surface area (Å²) in [4.78, 5) is 15.2. The fraction of sp³-hybridized carbons (Fsp3) is 0.200. The summed E-state index contributed by atoms with van der Waals surface area (Å²) in [5, 5.41) is 8.98. The van der Waals surface area contributed by atoms with Crippen LogP contribution in [0.25, 0.3) is 0 Å². The quantitative estimate of drug-likeness (QED) is 0.898. The second-order valence-corrected chi connectivity index (χ2v) is 4.70. The molecule has 0 bridgehead atoms. The van der Waals surface area contributed by atoms with E-state index >= 15 is 0 Å². The molecule has 3 nitrogen and oxygen atoms in total. The molecule has 0 spiro atoms. The minimum atomic E-state index is -0.999. The van der Waals surface area contributed by atoms with Crippen LogP contribution in [0.5, 0.6) is 0 Å². The SMILES string of the molecule is CC(C)(c1ccccc1)c1cccc(C(=O)O)n1. The van der Waals surface area contributed by atoms with Crippen molar-refractivity contribution in [2.75, 3.05) is 0 Å². The highest BCUT2D eigenvalue weighted by Gasteiger charge is 2.25. The van der Waals surface area contributed by atoms with E-state index in [9.17, 15) is 4.79 Å². The van der Waals surface area contributed by atoms with E-state index in [4.69, 9.17) is 5.11 Å². The average molecular weight is 241 g/mol. The number of aromatic carboxylic acids is 1.